The molecule has 0 fully saturated rings. The molecule has 0 spiro atoms. The fraction of sp³-hybridized carbons (Fsp3) is 0.286. The van der Waals surface area contributed by atoms with Gasteiger partial charge in [-0.3, -0.25) is 0 Å². The fourth-order valence-corrected chi connectivity index (χ4v) is 0.440. The van der Waals surface area contributed by atoms with Gasteiger partial charge in [0.15, 0.2) is 0 Å². The summed E-state index contributed by atoms with van der Waals surface area (Å²) >= 11 is 0. The molecule has 5 heteroatoms. The smallest absolute Gasteiger partial charge is 0.338 e. The summed E-state index contributed by atoms with van der Waals surface area (Å²) in [5.41, 5.74) is 4.71. The number of hydrogen-bond donors (Lipinski definition) is 1. The van der Waals surface area contributed by atoms with Gasteiger partial charge in [0.2, 0.25) is 0 Å². The number of rotatable bonds is 3. The summed E-state index contributed by atoms with van der Waals surface area (Å²) in [4.78, 5) is 23.9. The summed E-state index contributed by atoms with van der Waals surface area (Å²) in [6.07, 6.45) is 1.58. The number of hydrogen-bond acceptors (Lipinski definition) is 3. The molecule has 0 aromatic rings. The van der Waals surface area contributed by atoms with Crippen molar-refractivity contribution in [3.8, 4) is 0 Å². The lowest BCUT2D eigenvalue weighted by atomic mass is 10.4. The van der Waals surface area contributed by atoms with Crippen molar-refractivity contribution in [3.63, 3.8) is 0 Å². The van der Waals surface area contributed by atoms with Gasteiger partial charge in [0, 0.05) is 6.08 Å². The Kier molecular flexibility index (Phi) is 4.36. The van der Waals surface area contributed by atoms with Crippen LogP contribution in [-0.4, -0.2) is 24.3 Å². The molecule has 0 rings (SSSR count). The third kappa shape index (κ3) is 5.16. The van der Waals surface area contributed by atoms with Gasteiger partial charge in [0.25, 0.3) is 0 Å². The van der Waals surface area contributed by atoms with Gasteiger partial charge in [-0.15, -0.1) is 0 Å². The Bertz CT molecular complexity index is 223. The van der Waals surface area contributed by atoms with Gasteiger partial charge in [0.05, 0.1) is 6.21 Å². The molecule has 0 heterocycles. The largest absolute Gasteiger partial charge is 0.454 e. The molecule has 5 nitrogen and oxygen atoms in total. The molecule has 0 radical (unpaired) electrons. The van der Waals surface area contributed by atoms with Crippen LogP contribution in [-0.2, 0) is 9.53 Å². The number of nitrogens with zero attached hydrogens (tertiary/aromatic N) is 1. The van der Waals surface area contributed by atoms with Crippen molar-refractivity contribution in [2.45, 2.75) is 13.0 Å². The van der Waals surface area contributed by atoms with Crippen LogP contribution in [0.25, 0.3) is 0 Å². The third-order valence-corrected chi connectivity index (χ3v) is 0.880. The maximum atomic E-state index is 10.5. The van der Waals surface area contributed by atoms with Gasteiger partial charge < -0.3 is 10.5 Å². The Labute approximate surface area is 69.9 Å². The van der Waals surface area contributed by atoms with Crippen LogP contribution >= 0.6 is 0 Å². The van der Waals surface area contributed by atoms with Crippen molar-refractivity contribution in [2.24, 2.45) is 10.7 Å². The van der Waals surface area contributed by atoms with Crippen LogP contribution in [0.15, 0.2) is 17.6 Å². The third-order valence-electron chi connectivity index (χ3n) is 0.880. The van der Waals surface area contributed by atoms with Crippen LogP contribution in [0.1, 0.15) is 6.92 Å². The number of esters is 1. The van der Waals surface area contributed by atoms with E-state index in [1.54, 1.807) is 6.92 Å². The highest BCUT2D eigenvalue weighted by Gasteiger charge is 2.02. The molecule has 0 aliphatic heterocycles. The lowest BCUT2D eigenvalue weighted by Crippen LogP contribution is -2.16. The maximum absolute atomic E-state index is 10.5. The first kappa shape index (κ1) is 10.3. The van der Waals surface area contributed by atoms with Crippen LogP contribution < -0.4 is 5.73 Å². The number of ether oxygens (including phenoxy) is 1. The number of aliphatic imine (C=N–C) groups is 1. The average molecular weight is 170 g/mol. The molecule has 2 N–H and O–H groups in total. The Morgan fingerprint density at radius 1 is 1.67 bits per heavy atom. The molecule has 2 amide bonds. The Hall–Kier alpha value is -1.65. The normalized spacial score (nSPS) is 12.4. The average Bonchev–Trinajstić information content (AvgIpc) is 2.00. The summed E-state index contributed by atoms with van der Waals surface area (Å²) in [5.74, 6) is -0.571. The number of nitrogens with two attached hydrogens (primary N) is 1. The van der Waals surface area contributed by atoms with Crippen molar-refractivity contribution < 1.29 is 14.3 Å². The van der Waals surface area contributed by atoms with Crippen molar-refractivity contribution in [1.29, 1.82) is 0 Å². The molecular formula is C7H10N2O3. The van der Waals surface area contributed by atoms with E-state index in [0.717, 1.165) is 12.3 Å². The SMILES string of the molecule is C=CC(=O)OC(C)/C=N/C(N)=O. The number of urea groups is 1. The molecular weight excluding hydrogens is 160 g/mol. The molecule has 0 aliphatic rings. The Morgan fingerprint density at radius 3 is 2.67 bits per heavy atom. The van der Waals surface area contributed by atoms with Gasteiger partial charge in [-0.2, -0.15) is 0 Å². The van der Waals surface area contributed by atoms with Gasteiger partial charge in [-0.1, -0.05) is 6.58 Å². The Morgan fingerprint density at radius 2 is 2.25 bits per heavy atom. The van der Waals surface area contributed by atoms with Crippen molar-refractivity contribution in [1.82, 2.24) is 0 Å². The van der Waals surface area contributed by atoms with E-state index >= 15 is 0 Å². The maximum Gasteiger partial charge on any atom is 0.338 e. The lowest BCUT2D eigenvalue weighted by molar-refractivity contribution is -0.139. The summed E-state index contributed by atoms with van der Waals surface area (Å²) in [5, 5.41) is 0. The van der Waals surface area contributed by atoms with Gasteiger partial charge in [0.1, 0.15) is 6.10 Å². The van der Waals surface area contributed by atoms with E-state index < -0.39 is 18.1 Å². The molecule has 0 saturated carbocycles. The number of amides is 2. The highest BCUT2D eigenvalue weighted by Crippen LogP contribution is 1.88. The van der Waals surface area contributed by atoms with Crippen LogP contribution in [0, 0.1) is 0 Å². The van der Waals surface area contributed by atoms with Crippen LogP contribution in [0.3, 0.4) is 0 Å². The van der Waals surface area contributed by atoms with Crippen LogP contribution in [0.2, 0.25) is 0 Å². The van der Waals surface area contributed by atoms with Crippen molar-refractivity contribution >= 4 is 18.2 Å². The first-order valence-electron chi connectivity index (χ1n) is 3.23. The highest BCUT2D eigenvalue weighted by molar-refractivity contribution is 5.86. The topological polar surface area (TPSA) is 81.8 Å². The zero-order valence-electron chi connectivity index (χ0n) is 6.69. The summed E-state index contributed by atoms with van der Waals surface area (Å²) in [6.45, 7) is 4.75. The lowest BCUT2D eigenvalue weighted by Gasteiger charge is -2.04. The van der Waals surface area contributed by atoms with Crippen molar-refractivity contribution in [3.05, 3.63) is 12.7 Å². The fourth-order valence-electron chi connectivity index (χ4n) is 0.440. The molecule has 0 aromatic heterocycles. The minimum atomic E-state index is -0.823. The molecule has 1 atom stereocenters. The predicted molar refractivity (Wildman–Crippen MR) is 43.8 cm³/mol. The molecule has 0 saturated heterocycles. The van der Waals surface area contributed by atoms with Crippen LogP contribution in [0.4, 0.5) is 4.79 Å². The van der Waals surface area contributed by atoms with Gasteiger partial charge >= 0.3 is 12.0 Å². The van der Waals surface area contributed by atoms with E-state index in [-0.39, 0.29) is 0 Å². The number of primary amides is 1. The molecule has 0 aromatic carbocycles. The molecule has 12 heavy (non-hydrogen) atoms. The van der Waals surface area contributed by atoms with Crippen LogP contribution in [0.5, 0.6) is 0 Å². The predicted octanol–water partition coefficient (Wildman–Crippen LogP) is 0.254. The van der Waals surface area contributed by atoms with Crippen molar-refractivity contribution in [2.75, 3.05) is 0 Å². The Balaban J connectivity index is 3.88. The number of carbonyl (C=O) groups is 2. The summed E-state index contributed by atoms with van der Waals surface area (Å²) in [6, 6.07) is -0.823. The summed E-state index contributed by atoms with van der Waals surface area (Å²) in [7, 11) is 0. The minimum absolute atomic E-state index is 0.571. The first-order chi connectivity index (χ1) is 5.56. The second-order valence-corrected chi connectivity index (χ2v) is 1.96. The number of carbonyl (C=O) groups excluding carboxylic acids is 2. The van der Waals surface area contributed by atoms with E-state index in [1.165, 1.54) is 0 Å². The second-order valence-electron chi connectivity index (χ2n) is 1.96. The standard InChI is InChI=1S/C7H10N2O3/c1-3-6(10)12-5(2)4-9-7(8)11/h3-5H,1H2,2H3,(H2,8,11)/b9-4+. The molecule has 0 bridgehead atoms. The molecule has 0 aliphatic carbocycles. The zero-order valence-corrected chi connectivity index (χ0v) is 6.69. The quantitative estimate of drug-likeness (QED) is 0.374. The van der Waals surface area contributed by atoms with E-state index in [9.17, 15) is 9.59 Å². The van der Waals surface area contributed by atoms with E-state index in [4.69, 9.17) is 5.73 Å². The van der Waals surface area contributed by atoms with Gasteiger partial charge in [-0.25, -0.2) is 14.6 Å². The second kappa shape index (κ2) is 5.06. The zero-order chi connectivity index (χ0) is 9.56. The van der Waals surface area contributed by atoms with Gasteiger partial charge in [-0.05, 0) is 6.92 Å². The van der Waals surface area contributed by atoms with E-state index in [1.807, 2.05) is 0 Å². The summed E-state index contributed by atoms with van der Waals surface area (Å²) < 4.78 is 4.64. The highest BCUT2D eigenvalue weighted by atomic mass is 16.5. The molecule has 1 unspecified atom stereocenters. The van der Waals surface area contributed by atoms with E-state index in [2.05, 4.69) is 16.3 Å². The van der Waals surface area contributed by atoms with E-state index in [0.29, 0.717) is 0 Å². The first-order valence-corrected chi connectivity index (χ1v) is 3.23. The minimum Gasteiger partial charge on any atom is -0.454 e. The monoisotopic (exact) mass is 170 g/mol. The molecule has 66 valence electrons.